The van der Waals surface area contributed by atoms with Crippen molar-refractivity contribution in [3.05, 3.63) is 162 Å². The highest BCUT2D eigenvalue weighted by Gasteiger charge is 2.14. The molecule has 0 unspecified atom stereocenters. The summed E-state index contributed by atoms with van der Waals surface area (Å²) in [5.74, 6) is 0. The predicted octanol–water partition coefficient (Wildman–Crippen LogP) is 11.1. The average molecular weight is 516 g/mol. The van der Waals surface area contributed by atoms with Crippen molar-refractivity contribution < 1.29 is 0 Å². The van der Waals surface area contributed by atoms with E-state index in [0.29, 0.717) is 0 Å². The van der Waals surface area contributed by atoms with Crippen LogP contribution in [0.25, 0.3) is 33.4 Å². The summed E-state index contributed by atoms with van der Waals surface area (Å²) in [6, 6.07) is 52.4. The van der Waals surface area contributed by atoms with Gasteiger partial charge in [-0.3, -0.25) is 0 Å². The lowest BCUT2D eigenvalue weighted by Gasteiger charge is -2.26. The second-order valence-corrected chi connectivity index (χ2v) is 10.4. The molecule has 0 aliphatic heterocycles. The molecule has 0 bridgehead atoms. The standard InChI is InChI=1S/C39H33N/c1-28-10-4-7-13-37(28)31-16-22-34(23-17-31)40(35-24-18-32(19-25-35)38-14-8-5-11-29(38)2)36-26-20-33(21-27-36)39-15-9-6-12-30(39)3/h4-27H,1-3H3. The lowest BCUT2D eigenvalue weighted by Crippen LogP contribution is -2.09. The molecule has 0 aliphatic rings. The Morgan fingerprint density at radius 1 is 0.300 bits per heavy atom. The van der Waals surface area contributed by atoms with Gasteiger partial charge in [-0.1, -0.05) is 109 Å². The van der Waals surface area contributed by atoms with Gasteiger partial charge >= 0.3 is 0 Å². The van der Waals surface area contributed by atoms with Gasteiger partial charge in [0.25, 0.3) is 0 Å². The molecule has 1 nitrogen and oxygen atoms in total. The summed E-state index contributed by atoms with van der Waals surface area (Å²) in [6.45, 7) is 6.50. The van der Waals surface area contributed by atoms with Crippen molar-refractivity contribution >= 4 is 17.1 Å². The number of aryl methyl sites for hydroxylation is 3. The Morgan fingerprint density at radius 3 is 0.800 bits per heavy atom. The van der Waals surface area contributed by atoms with Crippen molar-refractivity contribution in [1.29, 1.82) is 0 Å². The van der Waals surface area contributed by atoms with E-state index in [1.807, 2.05) is 0 Å². The third-order valence-electron chi connectivity index (χ3n) is 7.74. The molecule has 6 rings (SSSR count). The van der Waals surface area contributed by atoms with E-state index in [0.717, 1.165) is 17.1 Å². The van der Waals surface area contributed by atoms with Crippen molar-refractivity contribution in [3.63, 3.8) is 0 Å². The van der Waals surface area contributed by atoms with Crippen molar-refractivity contribution in [2.24, 2.45) is 0 Å². The van der Waals surface area contributed by atoms with Gasteiger partial charge in [0.2, 0.25) is 0 Å². The monoisotopic (exact) mass is 515 g/mol. The van der Waals surface area contributed by atoms with Crippen LogP contribution in [0.1, 0.15) is 16.7 Å². The highest BCUT2D eigenvalue weighted by molar-refractivity contribution is 5.81. The summed E-state index contributed by atoms with van der Waals surface area (Å²) >= 11 is 0. The van der Waals surface area contributed by atoms with Crippen LogP contribution in [0, 0.1) is 20.8 Å². The Balaban J connectivity index is 1.41. The summed E-state index contributed by atoms with van der Waals surface area (Å²) in [6.07, 6.45) is 0. The van der Waals surface area contributed by atoms with E-state index in [9.17, 15) is 0 Å². The largest absolute Gasteiger partial charge is 0.311 e. The van der Waals surface area contributed by atoms with Crippen molar-refractivity contribution in [1.82, 2.24) is 0 Å². The van der Waals surface area contributed by atoms with Crippen LogP contribution in [0.15, 0.2) is 146 Å². The molecule has 0 atom stereocenters. The van der Waals surface area contributed by atoms with Crippen LogP contribution >= 0.6 is 0 Å². The Morgan fingerprint density at radius 2 is 0.550 bits per heavy atom. The van der Waals surface area contributed by atoms with Gasteiger partial charge in [-0.25, -0.2) is 0 Å². The minimum atomic E-state index is 1.13. The first kappa shape index (κ1) is 25.4. The van der Waals surface area contributed by atoms with Crippen LogP contribution in [0.2, 0.25) is 0 Å². The molecular weight excluding hydrogens is 482 g/mol. The average Bonchev–Trinajstić information content (AvgIpc) is 2.99. The molecule has 0 heterocycles. The summed E-state index contributed by atoms with van der Waals surface area (Å²) in [7, 11) is 0. The molecule has 194 valence electrons. The molecule has 0 spiro atoms. The lowest BCUT2D eigenvalue weighted by atomic mass is 9.99. The molecule has 6 aromatic carbocycles. The topological polar surface area (TPSA) is 3.24 Å². The summed E-state index contributed by atoms with van der Waals surface area (Å²) in [5.41, 5.74) is 14.7. The molecule has 6 aromatic rings. The normalized spacial score (nSPS) is 10.9. The highest BCUT2D eigenvalue weighted by Crippen LogP contribution is 2.38. The third kappa shape index (κ3) is 5.07. The second kappa shape index (κ2) is 11.1. The first-order valence-electron chi connectivity index (χ1n) is 13.9. The smallest absolute Gasteiger partial charge is 0.0462 e. The van der Waals surface area contributed by atoms with Gasteiger partial charge in [-0.15, -0.1) is 0 Å². The Kier molecular flexibility index (Phi) is 7.04. The number of nitrogens with zero attached hydrogens (tertiary/aromatic N) is 1. The van der Waals surface area contributed by atoms with E-state index in [2.05, 4.69) is 171 Å². The maximum atomic E-state index is 2.34. The van der Waals surface area contributed by atoms with Crippen LogP contribution < -0.4 is 4.90 Å². The molecule has 0 saturated carbocycles. The molecule has 0 saturated heterocycles. The zero-order valence-corrected chi connectivity index (χ0v) is 23.3. The van der Waals surface area contributed by atoms with E-state index >= 15 is 0 Å². The van der Waals surface area contributed by atoms with Crippen LogP contribution in [0.5, 0.6) is 0 Å². The fourth-order valence-corrected chi connectivity index (χ4v) is 5.51. The van der Waals surface area contributed by atoms with E-state index in [1.54, 1.807) is 0 Å². The molecule has 0 N–H and O–H groups in total. The van der Waals surface area contributed by atoms with Gasteiger partial charge in [0.1, 0.15) is 0 Å². The van der Waals surface area contributed by atoms with Gasteiger partial charge < -0.3 is 4.90 Å². The molecule has 1 heteroatoms. The van der Waals surface area contributed by atoms with E-state index < -0.39 is 0 Å². The Hall–Kier alpha value is -4.88. The molecule has 0 aromatic heterocycles. The quantitative estimate of drug-likeness (QED) is 0.213. The summed E-state index contributed by atoms with van der Waals surface area (Å²) < 4.78 is 0. The fourth-order valence-electron chi connectivity index (χ4n) is 5.51. The van der Waals surface area contributed by atoms with Gasteiger partial charge in [-0.2, -0.15) is 0 Å². The minimum Gasteiger partial charge on any atom is -0.311 e. The number of hydrogen-bond acceptors (Lipinski definition) is 1. The van der Waals surface area contributed by atoms with Gasteiger partial charge in [0.05, 0.1) is 0 Å². The molecule has 0 amide bonds. The first-order valence-corrected chi connectivity index (χ1v) is 13.9. The van der Waals surface area contributed by atoms with Gasteiger partial charge in [-0.05, 0) is 107 Å². The SMILES string of the molecule is Cc1ccccc1-c1ccc(N(c2ccc(-c3ccccc3C)cc2)c2ccc(-c3ccccc3C)cc2)cc1. The third-order valence-corrected chi connectivity index (χ3v) is 7.74. The molecule has 40 heavy (non-hydrogen) atoms. The summed E-state index contributed by atoms with van der Waals surface area (Å²) in [4.78, 5) is 2.34. The summed E-state index contributed by atoms with van der Waals surface area (Å²) in [5, 5.41) is 0. The second-order valence-electron chi connectivity index (χ2n) is 10.4. The molecular formula is C39H33N. The maximum Gasteiger partial charge on any atom is 0.0462 e. The van der Waals surface area contributed by atoms with Crippen LogP contribution in [-0.2, 0) is 0 Å². The van der Waals surface area contributed by atoms with E-state index in [-0.39, 0.29) is 0 Å². The first-order chi connectivity index (χ1) is 19.6. The zero-order valence-electron chi connectivity index (χ0n) is 23.3. The van der Waals surface area contributed by atoms with E-state index in [4.69, 9.17) is 0 Å². The van der Waals surface area contributed by atoms with Crippen LogP contribution in [-0.4, -0.2) is 0 Å². The highest BCUT2D eigenvalue weighted by atomic mass is 15.1. The number of anilines is 3. The van der Waals surface area contributed by atoms with E-state index in [1.165, 1.54) is 50.1 Å². The molecule has 0 radical (unpaired) electrons. The van der Waals surface area contributed by atoms with Gasteiger partial charge in [0.15, 0.2) is 0 Å². The number of benzene rings is 6. The Bertz CT molecular complexity index is 1530. The predicted molar refractivity (Wildman–Crippen MR) is 172 cm³/mol. The molecule has 0 aliphatic carbocycles. The van der Waals surface area contributed by atoms with Crippen molar-refractivity contribution in [2.75, 3.05) is 4.90 Å². The molecule has 0 fully saturated rings. The number of hydrogen-bond donors (Lipinski definition) is 0. The van der Waals surface area contributed by atoms with Crippen molar-refractivity contribution in [2.45, 2.75) is 20.8 Å². The lowest BCUT2D eigenvalue weighted by molar-refractivity contribution is 1.28. The van der Waals surface area contributed by atoms with Gasteiger partial charge in [0, 0.05) is 17.1 Å². The number of rotatable bonds is 6. The van der Waals surface area contributed by atoms with Crippen LogP contribution in [0.4, 0.5) is 17.1 Å². The maximum absolute atomic E-state index is 2.34. The Labute approximate surface area is 238 Å². The zero-order chi connectivity index (χ0) is 27.5. The fraction of sp³-hybridized carbons (Fsp3) is 0.0769. The minimum absolute atomic E-state index is 1.13. The van der Waals surface area contributed by atoms with Crippen molar-refractivity contribution in [3.8, 4) is 33.4 Å². The van der Waals surface area contributed by atoms with Crippen LogP contribution in [0.3, 0.4) is 0 Å².